The standard InChI is InChI=1S/C23H32O/c1-6-17-7-8-18-15-21(13-16(2)22(18)14-17)24-20-11-9-19(10-12-20)23(3,4)5/h7-8,13-15,19-20H,6,9-12H2,1-5H3/t19-,20-. The second-order valence-electron chi connectivity index (χ2n) is 8.61. The van der Waals surface area contributed by atoms with Gasteiger partial charge in [-0.1, -0.05) is 45.9 Å². The van der Waals surface area contributed by atoms with Crippen LogP contribution in [0.25, 0.3) is 10.8 Å². The number of hydrogen-bond donors (Lipinski definition) is 0. The number of fused-ring (bicyclic) bond motifs is 1. The van der Waals surface area contributed by atoms with Gasteiger partial charge in [0, 0.05) is 0 Å². The van der Waals surface area contributed by atoms with E-state index in [4.69, 9.17) is 4.74 Å². The second kappa shape index (κ2) is 6.78. The van der Waals surface area contributed by atoms with Crippen LogP contribution in [0.2, 0.25) is 0 Å². The molecule has 24 heavy (non-hydrogen) atoms. The molecule has 0 unspecified atom stereocenters. The molecule has 2 aromatic carbocycles. The molecule has 0 saturated heterocycles. The van der Waals surface area contributed by atoms with Crippen molar-refractivity contribution >= 4 is 10.8 Å². The maximum Gasteiger partial charge on any atom is 0.120 e. The molecule has 0 bridgehead atoms. The lowest BCUT2D eigenvalue weighted by atomic mass is 9.72. The van der Waals surface area contributed by atoms with Gasteiger partial charge in [-0.25, -0.2) is 0 Å². The fraction of sp³-hybridized carbons (Fsp3) is 0.565. The Balaban J connectivity index is 1.72. The van der Waals surface area contributed by atoms with Gasteiger partial charge in [-0.05, 0) is 84.4 Å². The van der Waals surface area contributed by atoms with Gasteiger partial charge in [-0.15, -0.1) is 0 Å². The van der Waals surface area contributed by atoms with E-state index >= 15 is 0 Å². The maximum atomic E-state index is 6.36. The topological polar surface area (TPSA) is 9.23 Å². The summed E-state index contributed by atoms with van der Waals surface area (Å²) < 4.78 is 6.36. The predicted octanol–water partition coefficient (Wildman–Crippen LogP) is 6.69. The van der Waals surface area contributed by atoms with Crippen LogP contribution in [0.1, 0.15) is 64.5 Å². The summed E-state index contributed by atoms with van der Waals surface area (Å²) in [4.78, 5) is 0. The number of rotatable bonds is 3. The van der Waals surface area contributed by atoms with Gasteiger partial charge in [-0.2, -0.15) is 0 Å². The molecule has 0 atom stereocenters. The average molecular weight is 325 g/mol. The molecule has 3 rings (SSSR count). The van der Waals surface area contributed by atoms with Crippen molar-refractivity contribution in [1.82, 2.24) is 0 Å². The highest BCUT2D eigenvalue weighted by Crippen LogP contribution is 2.39. The lowest BCUT2D eigenvalue weighted by molar-refractivity contribution is 0.0883. The van der Waals surface area contributed by atoms with Crippen LogP contribution >= 0.6 is 0 Å². The van der Waals surface area contributed by atoms with Crippen LogP contribution in [0.3, 0.4) is 0 Å². The van der Waals surface area contributed by atoms with Crippen LogP contribution in [-0.4, -0.2) is 6.10 Å². The molecular weight excluding hydrogens is 292 g/mol. The van der Waals surface area contributed by atoms with Gasteiger partial charge < -0.3 is 4.74 Å². The molecule has 2 aromatic rings. The summed E-state index contributed by atoms with van der Waals surface area (Å²) in [5.41, 5.74) is 3.16. The molecule has 0 N–H and O–H groups in total. The van der Waals surface area contributed by atoms with Crippen LogP contribution in [0.4, 0.5) is 0 Å². The van der Waals surface area contributed by atoms with Gasteiger partial charge in [-0.3, -0.25) is 0 Å². The molecule has 1 fully saturated rings. The fourth-order valence-electron chi connectivity index (χ4n) is 4.08. The van der Waals surface area contributed by atoms with Crippen molar-refractivity contribution in [3.05, 3.63) is 41.5 Å². The summed E-state index contributed by atoms with van der Waals surface area (Å²) in [7, 11) is 0. The molecule has 0 spiro atoms. The first-order chi connectivity index (χ1) is 11.4. The average Bonchev–Trinajstić information content (AvgIpc) is 2.54. The minimum atomic E-state index is 0.385. The number of aryl methyl sites for hydroxylation is 2. The van der Waals surface area contributed by atoms with Gasteiger partial charge in [0.2, 0.25) is 0 Å². The highest BCUT2D eigenvalue weighted by atomic mass is 16.5. The van der Waals surface area contributed by atoms with Gasteiger partial charge >= 0.3 is 0 Å². The summed E-state index contributed by atoms with van der Waals surface area (Å²) in [6, 6.07) is 11.2. The quantitative estimate of drug-likeness (QED) is 0.611. The molecule has 0 heterocycles. The van der Waals surface area contributed by atoms with E-state index in [1.807, 2.05) is 0 Å². The van der Waals surface area contributed by atoms with E-state index < -0.39 is 0 Å². The smallest absolute Gasteiger partial charge is 0.120 e. The van der Waals surface area contributed by atoms with Gasteiger partial charge in [0.25, 0.3) is 0 Å². The Bertz CT molecular complexity index is 700. The molecule has 1 heteroatoms. The third-order valence-electron chi connectivity index (χ3n) is 5.81. The van der Waals surface area contributed by atoms with E-state index in [2.05, 4.69) is 65.0 Å². The third-order valence-corrected chi connectivity index (χ3v) is 5.81. The van der Waals surface area contributed by atoms with Crippen LogP contribution in [0.15, 0.2) is 30.3 Å². The molecule has 1 saturated carbocycles. The second-order valence-corrected chi connectivity index (χ2v) is 8.61. The number of benzene rings is 2. The van der Waals surface area contributed by atoms with Gasteiger partial charge in [0.05, 0.1) is 6.10 Å². The van der Waals surface area contributed by atoms with Crippen molar-refractivity contribution in [3.63, 3.8) is 0 Å². The summed E-state index contributed by atoms with van der Waals surface area (Å²) >= 11 is 0. The first kappa shape index (κ1) is 17.3. The summed E-state index contributed by atoms with van der Waals surface area (Å²) in [5, 5.41) is 2.66. The van der Waals surface area contributed by atoms with Crippen molar-refractivity contribution in [1.29, 1.82) is 0 Å². The van der Waals surface area contributed by atoms with Gasteiger partial charge in [0.1, 0.15) is 5.75 Å². The van der Waals surface area contributed by atoms with Crippen molar-refractivity contribution in [2.75, 3.05) is 0 Å². The van der Waals surface area contributed by atoms with Crippen molar-refractivity contribution in [3.8, 4) is 5.75 Å². The highest BCUT2D eigenvalue weighted by Gasteiger charge is 2.30. The molecule has 0 aromatic heterocycles. The van der Waals surface area contributed by atoms with Crippen LogP contribution < -0.4 is 4.74 Å². The van der Waals surface area contributed by atoms with Gasteiger partial charge in [0.15, 0.2) is 0 Å². The van der Waals surface area contributed by atoms with Crippen molar-refractivity contribution in [2.45, 2.75) is 72.8 Å². The SMILES string of the molecule is CCc1ccc2cc(O[C@H]3CC[C@H](C(C)(C)C)CC3)cc(C)c2c1. The molecule has 1 aliphatic rings. The van der Waals surface area contributed by atoms with E-state index in [0.717, 1.165) is 18.1 Å². The van der Waals surface area contributed by atoms with Crippen LogP contribution in [0.5, 0.6) is 5.75 Å². The van der Waals surface area contributed by atoms with Crippen molar-refractivity contribution in [2.24, 2.45) is 11.3 Å². The Labute approximate surface area is 147 Å². The third kappa shape index (κ3) is 3.77. The zero-order valence-electron chi connectivity index (χ0n) is 16.0. The Hall–Kier alpha value is -1.50. The molecule has 1 aliphatic carbocycles. The maximum absolute atomic E-state index is 6.36. The first-order valence-corrected chi connectivity index (χ1v) is 9.56. The van der Waals surface area contributed by atoms with E-state index in [1.54, 1.807) is 0 Å². The highest BCUT2D eigenvalue weighted by molar-refractivity contribution is 5.87. The molecule has 0 radical (unpaired) electrons. The summed E-state index contributed by atoms with van der Waals surface area (Å²) in [5.74, 6) is 1.88. The predicted molar refractivity (Wildman–Crippen MR) is 104 cm³/mol. The zero-order chi connectivity index (χ0) is 17.3. The Morgan fingerprint density at radius 3 is 2.33 bits per heavy atom. The molecular formula is C23H32O. The molecule has 1 nitrogen and oxygen atoms in total. The van der Waals surface area contributed by atoms with E-state index in [1.165, 1.54) is 47.6 Å². The Morgan fingerprint density at radius 1 is 1.00 bits per heavy atom. The minimum absolute atomic E-state index is 0.385. The number of hydrogen-bond acceptors (Lipinski definition) is 1. The van der Waals surface area contributed by atoms with E-state index in [-0.39, 0.29) is 0 Å². The lowest BCUT2D eigenvalue weighted by Gasteiger charge is -2.37. The zero-order valence-corrected chi connectivity index (χ0v) is 16.0. The minimum Gasteiger partial charge on any atom is -0.490 e. The normalized spacial score (nSPS) is 21.9. The molecule has 0 aliphatic heterocycles. The molecule has 0 amide bonds. The Morgan fingerprint density at radius 2 is 1.71 bits per heavy atom. The summed E-state index contributed by atoms with van der Waals surface area (Å²) in [6.45, 7) is 11.5. The Kier molecular flexibility index (Phi) is 4.90. The van der Waals surface area contributed by atoms with E-state index in [9.17, 15) is 0 Å². The fourth-order valence-corrected chi connectivity index (χ4v) is 4.08. The first-order valence-electron chi connectivity index (χ1n) is 9.56. The summed E-state index contributed by atoms with van der Waals surface area (Å²) in [6.07, 6.45) is 6.43. The monoisotopic (exact) mass is 324 g/mol. The van der Waals surface area contributed by atoms with E-state index in [0.29, 0.717) is 11.5 Å². The lowest BCUT2D eigenvalue weighted by Crippen LogP contribution is -2.30. The van der Waals surface area contributed by atoms with Crippen LogP contribution in [0, 0.1) is 18.3 Å². The van der Waals surface area contributed by atoms with Crippen molar-refractivity contribution < 1.29 is 4.74 Å². The van der Waals surface area contributed by atoms with Crippen LogP contribution in [-0.2, 0) is 6.42 Å². The largest absolute Gasteiger partial charge is 0.490 e. The number of ether oxygens (including phenoxy) is 1. The molecule has 130 valence electrons.